The molecule has 2 atom stereocenters. The van der Waals surface area contributed by atoms with Crippen LogP contribution in [0.5, 0.6) is 0 Å². The summed E-state index contributed by atoms with van der Waals surface area (Å²) in [6.07, 6.45) is 2.40. The first-order valence-electron chi connectivity index (χ1n) is 3.59. The highest BCUT2D eigenvalue weighted by Gasteiger charge is 2.16. The van der Waals surface area contributed by atoms with Gasteiger partial charge in [-0.3, -0.25) is 4.79 Å². The summed E-state index contributed by atoms with van der Waals surface area (Å²) in [7, 11) is 0. The maximum Gasteiger partial charge on any atom is 0.303 e. The van der Waals surface area contributed by atoms with Crippen molar-refractivity contribution in [2.45, 2.75) is 19.1 Å². The van der Waals surface area contributed by atoms with Gasteiger partial charge in [0.1, 0.15) is 6.10 Å². The van der Waals surface area contributed by atoms with Gasteiger partial charge in [0.05, 0.1) is 12.7 Å². The molecule has 4 nitrogen and oxygen atoms in total. The van der Waals surface area contributed by atoms with Crippen molar-refractivity contribution in [3.05, 3.63) is 12.2 Å². The van der Waals surface area contributed by atoms with Crippen molar-refractivity contribution in [1.29, 1.82) is 5.26 Å². The van der Waals surface area contributed by atoms with Gasteiger partial charge < -0.3 is 9.47 Å². The van der Waals surface area contributed by atoms with Crippen LogP contribution in [0.1, 0.15) is 6.92 Å². The SMILES string of the molecule is CC(=O)O[C@@H]1C=C[C@@H](C#N)OC1. The van der Waals surface area contributed by atoms with E-state index in [-0.39, 0.29) is 18.7 Å². The van der Waals surface area contributed by atoms with Crippen LogP contribution < -0.4 is 0 Å². The largest absolute Gasteiger partial charge is 0.456 e. The van der Waals surface area contributed by atoms with Crippen molar-refractivity contribution in [3.8, 4) is 6.07 Å². The second kappa shape index (κ2) is 3.88. The number of hydrogen-bond acceptors (Lipinski definition) is 4. The Bertz CT molecular complexity index is 241. The number of ether oxygens (including phenoxy) is 2. The van der Waals surface area contributed by atoms with E-state index >= 15 is 0 Å². The fourth-order valence-corrected chi connectivity index (χ4v) is 0.901. The molecule has 0 fully saturated rings. The number of esters is 1. The summed E-state index contributed by atoms with van der Waals surface area (Å²) in [4.78, 5) is 10.5. The third-order valence-electron chi connectivity index (χ3n) is 1.39. The van der Waals surface area contributed by atoms with Gasteiger partial charge in [-0.15, -0.1) is 0 Å². The van der Waals surface area contributed by atoms with Crippen LogP contribution >= 0.6 is 0 Å². The second-order valence-electron chi connectivity index (χ2n) is 2.42. The predicted molar refractivity (Wildman–Crippen MR) is 40.0 cm³/mol. The summed E-state index contributed by atoms with van der Waals surface area (Å²) >= 11 is 0. The van der Waals surface area contributed by atoms with E-state index in [1.54, 1.807) is 12.2 Å². The Morgan fingerprint density at radius 1 is 1.75 bits per heavy atom. The van der Waals surface area contributed by atoms with Gasteiger partial charge in [0.25, 0.3) is 0 Å². The zero-order chi connectivity index (χ0) is 8.97. The van der Waals surface area contributed by atoms with Gasteiger partial charge in [0.2, 0.25) is 0 Å². The highest BCUT2D eigenvalue weighted by Crippen LogP contribution is 2.07. The molecule has 0 bridgehead atoms. The van der Waals surface area contributed by atoms with Gasteiger partial charge in [-0.2, -0.15) is 5.26 Å². The molecule has 64 valence electrons. The van der Waals surface area contributed by atoms with Crippen LogP contribution in [0, 0.1) is 11.3 Å². The van der Waals surface area contributed by atoms with E-state index in [9.17, 15) is 4.79 Å². The Morgan fingerprint density at radius 2 is 2.50 bits per heavy atom. The Morgan fingerprint density at radius 3 is 2.92 bits per heavy atom. The Hall–Kier alpha value is -1.34. The summed E-state index contributed by atoms with van der Waals surface area (Å²) in [5.74, 6) is -0.344. The molecule has 0 aromatic rings. The van der Waals surface area contributed by atoms with Gasteiger partial charge in [0, 0.05) is 6.92 Å². The van der Waals surface area contributed by atoms with Crippen molar-refractivity contribution in [1.82, 2.24) is 0 Å². The van der Waals surface area contributed by atoms with E-state index in [0.29, 0.717) is 0 Å². The van der Waals surface area contributed by atoms with Crippen molar-refractivity contribution in [2.75, 3.05) is 6.61 Å². The van der Waals surface area contributed by atoms with Crippen LogP contribution in [0.2, 0.25) is 0 Å². The third kappa shape index (κ3) is 2.36. The highest BCUT2D eigenvalue weighted by molar-refractivity contribution is 5.66. The third-order valence-corrected chi connectivity index (χ3v) is 1.39. The standard InChI is InChI=1S/C8H9NO3/c1-6(10)12-8-3-2-7(4-9)11-5-8/h2-3,7-8H,5H2,1H3/t7-,8+/m0/s1. The molecule has 0 aliphatic carbocycles. The normalized spacial score (nSPS) is 27.7. The number of rotatable bonds is 1. The average molecular weight is 167 g/mol. The zero-order valence-corrected chi connectivity index (χ0v) is 6.69. The lowest BCUT2D eigenvalue weighted by Crippen LogP contribution is -2.27. The first kappa shape index (κ1) is 8.75. The Kier molecular flexibility index (Phi) is 2.83. The lowest BCUT2D eigenvalue weighted by Gasteiger charge is -2.19. The second-order valence-corrected chi connectivity index (χ2v) is 2.42. The molecular weight excluding hydrogens is 158 g/mol. The van der Waals surface area contributed by atoms with Crippen molar-refractivity contribution in [3.63, 3.8) is 0 Å². The molecule has 0 aromatic carbocycles. The highest BCUT2D eigenvalue weighted by atomic mass is 16.6. The molecule has 12 heavy (non-hydrogen) atoms. The van der Waals surface area contributed by atoms with Crippen molar-refractivity contribution in [2.24, 2.45) is 0 Å². The molecule has 0 N–H and O–H groups in total. The van der Waals surface area contributed by atoms with Crippen LogP contribution in [0.25, 0.3) is 0 Å². The van der Waals surface area contributed by atoms with Crippen molar-refractivity contribution < 1.29 is 14.3 Å². The van der Waals surface area contributed by atoms with E-state index in [2.05, 4.69) is 0 Å². The molecule has 0 amide bonds. The number of nitriles is 1. The van der Waals surface area contributed by atoms with Crippen molar-refractivity contribution >= 4 is 5.97 Å². The Labute approximate surface area is 70.4 Å². The zero-order valence-electron chi connectivity index (χ0n) is 6.69. The molecule has 1 heterocycles. The smallest absolute Gasteiger partial charge is 0.303 e. The number of hydrogen-bond donors (Lipinski definition) is 0. The monoisotopic (exact) mass is 167 g/mol. The van der Waals surface area contributed by atoms with Gasteiger partial charge in [0.15, 0.2) is 6.10 Å². The van der Waals surface area contributed by atoms with E-state index in [1.807, 2.05) is 6.07 Å². The van der Waals surface area contributed by atoms with E-state index in [4.69, 9.17) is 14.7 Å². The first-order valence-corrected chi connectivity index (χ1v) is 3.59. The topological polar surface area (TPSA) is 59.3 Å². The van der Waals surface area contributed by atoms with E-state index in [0.717, 1.165) is 0 Å². The molecule has 0 radical (unpaired) electrons. The lowest BCUT2D eigenvalue weighted by molar-refractivity contribution is -0.147. The van der Waals surface area contributed by atoms with Crippen LogP contribution in [-0.4, -0.2) is 24.8 Å². The fraction of sp³-hybridized carbons (Fsp3) is 0.500. The summed E-state index contributed by atoms with van der Waals surface area (Å²) in [6, 6.07) is 1.93. The van der Waals surface area contributed by atoms with Crippen LogP contribution in [0.4, 0.5) is 0 Å². The molecule has 0 saturated carbocycles. The summed E-state index contributed by atoms with van der Waals surface area (Å²) in [5.41, 5.74) is 0. The molecule has 1 aliphatic heterocycles. The molecule has 0 saturated heterocycles. The fourth-order valence-electron chi connectivity index (χ4n) is 0.901. The van der Waals surface area contributed by atoms with E-state index in [1.165, 1.54) is 6.92 Å². The summed E-state index contributed by atoms with van der Waals surface area (Å²) < 4.78 is 9.84. The lowest BCUT2D eigenvalue weighted by atomic mass is 10.2. The number of carbonyl (C=O) groups is 1. The molecule has 0 spiro atoms. The van der Waals surface area contributed by atoms with Gasteiger partial charge in [-0.1, -0.05) is 0 Å². The maximum absolute atomic E-state index is 10.5. The van der Waals surface area contributed by atoms with Crippen LogP contribution in [-0.2, 0) is 14.3 Å². The maximum atomic E-state index is 10.5. The quantitative estimate of drug-likeness (QED) is 0.419. The summed E-state index contributed by atoms with van der Waals surface area (Å²) in [6.45, 7) is 1.60. The molecular formula is C8H9NO3. The van der Waals surface area contributed by atoms with Crippen LogP contribution in [0.3, 0.4) is 0 Å². The minimum Gasteiger partial charge on any atom is -0.456 e. The van der Waals surface area contributed by atoms with Crippen LogP contribution in [0.15, 0.2) is 12.2 Å². The van der Waals surface area contributed by atoms with Gasteiger partial charge in [-0.25, -0.2) is 0 Å². The molecule has 1 aliphatic rings. The van der Waals surface area contributed by atoms with Gasteiger partial charge >= 0.3 is 5.97 Å². The molecule has 0 aromatic heterocycles. The molecule has 0 unspecified atom stereocenters. The number of nitrogens with zero attached hydrogens (tertiary/aromatic N) is 1. The Balaban J connectivity index is 2.44. The predicted octanol–water partition coefficient (Wildman–Crippen LogP) is 0.397. The minimum atomic E-state index is -0.503. The van der Waals surface area contributed by atoms with E-state index < -0.39 is 6.10 Å². The number of carbonyl (C=O) groups excluding carboxylic acids is 1. The minimum absolute atomic E-state index is 0.258. The average Bonchev–Trinajstić information content (AvgIpc) is 2.05. The van der Waals surface area contributed by atoms with Gasteiger partial charge in [-0.05, 0) is 12.2 Å². The first-order chi connectivity index (χ1) is 5.72. The molecule has 1 rings (SSSR count). The molecule has 4 heteroatoms. The summed E-state index contributed by atoms with van der Waals surface area (Å²) in [5, 5.41) is 8.43.